The molecular weight excluding hydrogens is 268 g/mol. The first-order valence-corrected chi connectivity index (χ1v) is 6.45. The number of carbonyl (C=O) groups is 1. The third-order valence-electron chi connectivity index (χ3n) is 2.96. The molecule has 1 N–H and O–H groups in total. The molecule has 3 aromatic heterocycles. The standard InChI is InChI=1S/C14H14N6O/c1-11-15-4-7-20(11)14-16-8-12(9-17-14)18-13(21)10-19-5-2-3-6-19/h2-9H,10H2,1H3,(H,18,21). The van der Waals surface area contributed by atoms with Crippen LogP contribution in [0, 0.1) is 6.92 Å². The Labute approximate surface area is 121 Å². The summed E-state index contributed by atoms with van der Waals surface area (Å²) in [7, 11) is 0. The van der Waals surface area contributed by atoms with Gasteiger partial charge >= 0.3 is 0 Å². The highest BCUT2D eigenvalue weighted by Crippen LogP contribution is 2.08. The summed E-state index contributed by atoms with van der Waals surface area (Å²) in [5, 5.41) is 2.76. The summed E-state index contributed by atoms with van der Waals surface area (Å²) in [4.78, 5) is 24.4. The van der Waals surface area contributed by atoms with Crippen LogP contribution < -0.4 is 5.32 Å². The van der Waals surface area contributed by atoms with Gasteiger partial charge in [0.25, 0.3) is 0 Å². The Bertz CT molecular complexity index is 729. The second-order valence-corrected chi connectivity index (χ2v) is 4.52. The minimum Gasteiger partial charge on any atom is -0.345 e. The lowest BCUT2D eigenvalue weighted by Crippen LogP contribution is -2.18. The first-order valence-electron chi connectivity index (χ1n) is 6.45. The number of aromatic nitrogens is 5. The molecule has 0 atom stereocenters. The summed E-state index contributed by atoms with van der Waals surface area (Å²) in [6.07, 6.45) is 10.3. The Morgan fingerprint density at radius 3 is 2.48 bits per heavy atom. The molecule has 0 aliphatic heterocycles. The second kappa shape index (κ2) is 5.58. The van der Waals surface area contributed by atoms with E-state index >= 15 is 0 Å². The lowest BCUT2D eigenvalue weighted by atomic mass is 10.5. The molecule has 0 saturated heterocycles. The smallest absolute Gasteiger partial charge is 0.244 e. The molecule has 0 spiro atoms. The van der Waals surface area contributed by atoms with Crippen LogP contribution in [-0.4, -0.2) is 30.0 Å². The van der Waals surface area contributed by atoms with Crippen LogP contribution in [0.4, 0.5) is 5.69 Å². The quantitative estimate of drug-likeness (QED) is 0.785. The average molecular weight is 282 g/mol. The van der Waals surface area contributed by atoms with Crippen LogP contribution in [-0.2, 0) is 11.3 Å². The second-order valence-electron chi connectivity index (χ2n) is 4.52. The molecule has 21 heavy (non-hydrogen) atoms. The molecule has 3 heterocycles. The Morgan fingerprint density at radius 2 is 1.86 bits per heavy atom. The van der Waals surface area contributed by atoms with E-state index in [0.29, 0.717) is 11.6 Å². The topological polar surface area (TPSA) is 77.6 Å². The summed E-state index contributed by atoms with van der Waals surface area (Å²) in [6, 6.07) is 3.75. The van der Waals surface area contributed by atoms with Crippen LogP contribution in [0.2, 0.25) is 0 Å². The van der Waals surface area contributed by atoms with Gasteiger partial charge in [0, 0.05) is 24.8 Å². The molecule has 0 aromatic carbocycles. The van der Waals surface area contributed by atoms with Crippen molar-refractivity contribution in [1.82, 2.24) is 24.1 Å². The van der Waals surface area contributed by atoms with E-state index in [1.54, 1.807) is 33.9 Å². The van der Waals surface area contributed by atoms with Gasteiger partial charge in [0.05, 0.1) is 18.1 Å². The number of amides is 1. The van der Waals surface area contributed by atoms with E-state index in [4.69, 9.17) is 0 Å². The summed E-state index contributed by atoms with van der Waals surface area (Å²) in [6.45, 7) is 2.13. The van der Waals surface area contributed by atoms with Gasteiger partial charge < -0.3 is 9.88 Å². The van der Waals surface area contributed by atoms with Gasteiger partial charge in [-0.15, -0.1) is 0 Å². The van der Waals surface area contributed by atoms with Gasteiger partial charge in [0.2, 0.25) is 11.9 Å². The fourth-order valence-corrected chi connectivity index (χ4v) is 1.94. The van der Waals surface area contributed by atoms with Gasteiger partial charge in [-0.3, -0.25) is 9.36 Å². The van der Waals surface area contributed by atoms with Gasteiger partial charge in [-0.2, -0.15) is 0 Å². The van der Waals surface area contributed by atoms with Crippen LogP contribution in [0.25, 0.3) is 5.95 Å². The highest BCUT2D eigenvalue weighted by atomic mass is 16.1. The molecule has 0 aliphatic carbocycles. The number of aryl methyl sites for hydroxylation is 1. The maximum absolute atomic E-state index is 11.8. The molecule has 0 unspecified atom stereocenters. The zero-order valence-electron chi connectivity index (χ0n) is 11.5. The van der Waals surface area contributed by atoms with E-state index in [1.807, 2.05) is 31.5 Å². The van der Waals surface area contributed by atoms with E-state index in [9.17, 15) is 4.79 Å². The number of anilines is 1. The fourth-order valence-electron chi connectivity index (χ4n) is 1.94. The summed E-state index contributed by atoms with van der Waals surface area (Å²) >= 11 is 0. The van der Waals surface area contributed by atoms with Crippen molar-refractivity contribution in [3.8, 4) is 5.95 Å². The lowest BCUT2D eigenvalue weighted by Gasteiger charge is -2.07. The highest BCUT2D eigenvalue weighted by molar-refractivity contribution is 5.90. The maximum atomic E-state index is 11.8. The SMILES string of the molecule is Cc1nccn1-c1ncc(NC(=O)Cn2cccc2)cn1. The monoisotopic (exact) mass is 282 g/mol. The molecule has 0 aliphatic rings. The first-order chi connectivity index (χ1) is 10.2. The van der Waals surface area contributed by atoms with E-state index in [-0.39, 0.29) is 12.5 Å². The molecule has 7 nitrogen and oxygen atoms in total. The van der Waals surface area contributed by atoms with Gasteiger partial charge in [-0.05, 0) is 19.1 Å². The van der Waals surface area contributed by atoms with Crippen LogP contribution in [0.1, 0.15) is 5.82 Å². The van der Waals surface area contributed by atoms with Crippen LogP contribution in [0.5, 0.6) is 0 Å². The van der Waals surface area contributed by atoms with Gasteiger partial charge in [-0.25, -0.2) is 15.0 Å². The van der Waals surface area contributed by atoms with Gasteiger partial charge in [0.15, 0.2) is 0 Å². The third-order valence-corrected chi connectivity index (χ3v) is 2.96. The highest BCUT2D eigenvalue weighted by Gasteiger charge is 2.06. The van der Waals surface area contributed by atoms with Crippen LogP contribution in [0.15, 0.2) is 49.3 Å². The van der Waals surface area contributed by atoms with Crippen molar-refractivity contribution >= 4 is 11.6 Å². The predicted molar refractivity (Wildman–Crippen MR) is 77.0 cm³/mol. The number of nitrogens with zero attached hydrogens (tertiary/aromatic N) is 5. The molecule has 0 radical (unpaired) electrons. The van der Waals surface area contributed by atoms with Gasteiger partial charge in [-0.1, -0.05) is 0 Å². The van der Waals surface area contributed by atoms with Crippen molar-refractivity contribution in [2.45, 2.75) is 13.5 Å². The normalized spacial score (nSPS) is 10.5. The number of hydrogen-bond acceptors (Lipinski definition) is 4. The van der Waals surface area contributed by atoms with Gasteiger partial charge in [0.1, 0.15) is 12.4 Å². The van der Waals surface area contributed by atoms with E-state index in [2.05, 4.69) is 20.3 Å². The zero-order chi connectivity index (χ0) is 14.7. The maximum Gasteiger partial charge on any atom is 0.244 e. The summed E-state index contributed by atoms with van der Waals surface area (Å²) in [5.41, 5.74) is 0.564. The van der Waals surface area contributed by atoms with Crippen molar-refractivity contribution in [3.63, 3.8) is 0 Å². The van der Waals surface area contributed by atoms with E-state index < -0.39 is 0 Å². The van der Waals surface area contributed by atoms with Crippen LogP contribution in [0.3, 0.4) is 0 Å². The fraction of sp³-hybridized carbons (Fsp3) is 0.143. The third kappa shape index (κ3) is 2.97. The van der Waals surface area contributed by atoms with Crippen LogP contribution >= 0.6 is 0 Å². The molecule has 3 rings (SSSR count). The van der Waals surface area contributed by atoms with Crippen molar-refractivity contribution in [2.75, 3.05) is 5.32 Å². The number of imidazole rings is 1. The largest absolute Gasteiger partial charge is 0.345 e. The molecule has 0 bridgehead atoms. The minimum absolute atomic E-state index is 0.124. The Hall–Kier alpha value is -2.96. The Balaban J connectivity index is 1.67. The minimum atomic E-state index is -0.124. The number of nitrogens with one attached hydrogen (secondary N) is 1. The van der Waals surface area contributed by atoms with Crippen molar-refractivity contribution < 1.29 is 4.79 Å². The molecular formula is C14H14N6O. The first kappa shape index (κ1) is 13.0. The average Bonchev–Trinajstić information content (AvgIpc) is 3.11. The van der Waals surface area contributed by atoms with Crippen molar-refractivity contribution in [3.05, 3.63) is 55.1 Å². The molecule has 1 amide bonds. The van der Waals surface area contributed by atoms with Crippen molar-refractivity contribution in [1.29, 1.82) is 0 Å². The molecule has 3 aromatic rings. The number of hydrogen-bond donors (Lipinski definition) is 1. The summed E-state index contributed by atoms with van der Waals surface area (Å²) < 4.78 is 3.56. The molecule has 106 valence electrons. The van der Waals surface area contributed by atoms with E-state index in [1.165, 1.54) is 0 Å². The Morgan fingerprint density at radius 1 is 1.14 bits per heavy atom. The number of carbonyl (C=O) groups excluding carboxylic acids is 1. The zero-order valence-corrected chi connectivity index (χ0v) is 11.5. The lowest BCUT2D eigenvalue weighted by molar-refractivity contribution is -0.116. The predicted octanol–water partition coefficient (Wildman–Crippen LogP) is 1.41. The molecule has 0 fully saturated rings. The Kier molecular flexibility index (Phi) is 3.46. The molecule has 0 saturated carbocycles. The number of rotatable bonds is 4. The molecule has 7 heteroatoms. The summed E-state index contributed by atoms with van der Waals surface area (Å²) in [5.74, 6) is 1.20. The van der Waals surface area contributed by atoms with E-state index in [0.717, 1.165) is 5.82 Å². The van der Waals surface area contributed by atoms with Crippen molar-refractivity contribution in [2.24, 2.45) is 0 Å².